The van der Waals surface area contributed by atoms with Crippen molar-refractivity contribution < 1.29 is 14.3 Å². The number of likely N-dealkylation sites (tertiary alicyclic amines) is 1. The number of nitrogens with zero attached hydrogens (tertiary/aromatic N) is 3. The second-order valence-electron chi connectivity index (χ2n) is 9.53. The molecule has 4 rings (SSSR count). The number of hydrogen-bond acceptors (Lipinski definition) is 4. The normalized spacial score (nSPS) is 22.5. The third-order valence-electron chi connectivity index (χ3n) is 7.53. The minimum atomic E-state index is -0.0144. The molecule has 6 nitrogen and oxygen atoms in total. The fourth-order valence-electron chi connectivity index (χ4n) is 5.54. The van der Waals surface area contributed by atoms with Crippen LogP contribution in [0.2, 0.25) is 0 Å². The van der Waals surface area contributed by atoms with Gasteiger partial charge < -0.3 is 14.5 Å². The molecule has 6 heteroatoms. The topological polar surface area (TPSA) is 53.1 Å². The van der Waals surface area contributed by atoms with Gasteiger partial charge in [-0.1, -0.05) is 31.9 Å². The van der Waals surface area contributed by atoms with Gasteiger partial charge in [0.2, 0.25) is 5.91 Å². The van der Waals surface area contributed by atoms with Gasteiger partial charge in [0.1, 0.15) is 5.75 Å². The minimum Gasteiger partial charge on any atom is -0.496 e. The van der Waals surface area contributed by atoms with Crippen molar-refractivity contribution in [1.29, 1.82) is 0 Å². The van der Waals surface area contributed by atoms with E-state index in [1.54, 1.807) is 7.11 Å². The van der Waals surface area contributed by atoms with E-state index in [0.717, 1.165) is 57.8 Å². The van der Waals surface area contributed by atoms with Gasteiger partial charge in [0, 0.05) is 39.3 Å². The average Bonchev–Trinajstić information content (AvgIpc) is 3.34. The Morgan fingerprint density at radius 2 is 1.55 bits per heavy atom. The Balaban J connectivity index is 1.42. The molecule has 1 aromatic carbocycles. The Morgan fingerprint density at radius 1 is 0.903 bits per heavy atom. The van der Waals surface area contributed by atoms with E-state index in [0.29, 0.717) is 36.2 Å². The third kappa shape index (κ3) is 4.89. The quantitative estimate of drug-likeness (QED) is 0.724. The molecule has 3 fully saturated rings. The zero-order chi connectivity index (χ0) is 21.8. The number of amides is 2. The smallest absolute Gasteiger partial charge is 0.257 e. The van der Waals surface area contributed by atoms with Gasteiger partial charge in [-0.05, 0) is 49.7 Å². The molecule has 0 radical (unpaired) electrons. The predicted molar refractivity (Wildman–Crippen MR) is 121 cm³/mol. The maximum Gasteiger partial charge on any atom is 0.257 e. The van der Waals surface area contributed by atoms with Crippen LogP contribution in [0.25, 0.3) is 0 Å². The summed E-state index contributed by atoms with van der Waals surface area (Å²) in [6, 6.07) is 7.40. The zero-order valence-electron chi connectivity index (χ0n) is 19.1. The molecular weight excluding hydrogens is 390 g/mol. The highest BCUT2D eigenvalue weighted by molar-refractivity contribution is 5.97. The summed E-state index contributed by atoms with van der Waals surface area (Å²) >= 11 is 0. The molecule has 2 heterocycles. The Hall–Kier alpha value is -2.08. The van der Waals surface area contributed by atoms with E-state index in [-0.39, 0.29) is 11.9 Å². The molecular formula is C25H37N3O3. The molecule has 2 amide bonds. The Labute approximate surface area is 186 Å². The average molecular weight is 428 g/mol. The molecule has 2 saturated heterocycles. The van der Waals surface area contributed by atoms with E-state index in [9.17, 15) is 9.59 Å². The molecule has 31 heavy (non-hydrogen) atoms. The van der Waals surface area contributed by atoms with Gasteiger partial charge in [0.05, 0.1) is 18.7 Å². The van der Waals surface area contributed by atoms with Crippen molar-refractivity contribution in [3.8, 4) is 5.75 Å². The van der Waals surface area contributed by atoms with E-state index >= 15 is 0 Å². The van der Waals surface area contributed by atoms with Crippen LogP contribution in [0.4, 0.5) is 0 Å². The summed E-state index contributed by atoms with van der Waals surface area (Å²) in [6.07, 6.45) is 7.01. The number of piperazine rings is 1. The van der Waals surface area contributed by atoms with Gasteiger partial charge in [0.25, 0.3) is 5.91 Å². The molecule has 1 unspecified atom stereocenters. The minimum absolute atomic E-state index is 0.0144. The first-order valence-electron chi connectivity index (χ1n) is 12.0. The SMILES string of the molecule is COc1ccccc1C(=O)N1CCN(C(C(=O)N2CCC(C)CC2)C2CCCC2)CC1. The van der Waals surface area contributed by atoms with Crippen LogP contribution in [-0.2, 0) is 4.79 Å². The number of piperidine rings is 1. The monoisotopic (exact) mass is 427 g/mol. The lowest BCUT2D eigenvalue weighted by Gasteiger charge is -2.43. The van der Waals surface area contributed by atoms with Crippen LogP contribution in [0.1, 0.15) is 55.8 Å². The number of carbonyl (C=O) groups excluding carboxylic acids is 2. The molecule has 1 saturated carbocycles. The Kier molecular flexibility index (Phi) is 7.16. The Morgan fingerprint density at radius 3 is 2.19 bits per heavy atom. The maximum absolute atomic E-state index is 13.6. The Bertz CT molecular complexity index is 761. The third-order valence-corrected chi connectivity index (χ3v) is 7.53. The molecule has 1 aliphatic carbocycles. The first kappa shape index (κ1) is 22.1. The molecule has 1 atom stereocenters. The lowest BCUT2D eigenvalue weighted by molar-refractivity contribution is -0.141. The van der Waals surface area contributed by atoms with Crippen LogP contribution in [-0.4, -0.2) is 78.9 Å². The molecule has 170 valence electrons. The lowest BCUT2D eigenvalue weighted by Crippen LogP contribution is -2.59. The van der Waals surface area contributed by atoms with Crippen molar-refractivity contribution in [3.63, 3.8) is 0 Å². The highest BCUT2D eigenvalue weighted by Crippen LogP contribution is 2.33. The molecule has 0 bridgehead atoms. The second kappa shape index (κ2) is 10.0. The number of ether oxygens (including phenoxy) is 1. The number of methoxy groups -OCH3 is 1. The van der Waals surface area contributed by atoms with Crippen LogP contribution in [0.15, 0.2) is 24.3 Å². The predicted octanol–water partition coefficient (Wildman–Crippen LogP) is 3.27. The van der Waals surface area contributed by atoms with Crippen molar-refractivity contribution in [2.45, 2.75) is 51.5 Å². The zero-order valence-corrected chi connectivity index (χ0v) is 19.1. The number of hydrogen-bond donors (Lipinski definition) is 0. The van der Waals surface area contributed by atoms with Gasteiger partial charge in [-0.2, -0.15) is 0 Å². The van der Waals surface area contributed by atoms with Crippen molar-refractivity contribution in [2.75, 3.05) is 46.4 Å². The number of benzene rings is 1. The molecule has 0 spiro atoms. The summed E-state index contributed by atoms with van der Waals surface area (Å²) in [7, 11) is 1.60. The fourth-order valence-corrected chi connectivity index (χ4v) is 5.54. The van der Waals surface area contributed by atoms with Gasteiger partial charge >= 0.3 is 0 Å². The summed E-state index contributed by atoms with van der Waals surface area (Å²) < 4.78 is 5.38. The second-order valence-corrected chi connectivity index (χ2v) is 9.53. The van der Waals surface area contributed by atoms with Crippen molar-refractivity contribution in [1.82, 2.24) is 14.7 Å². The molecule has 0 aromatic heterocycles. The van der Waals surface area contributed by atoms with E-state index < -0.39 is 0 Å². The number of carbonyl (C=O) groups is 2. The highest BCUT2D eigenvalue weighted by Gasteiger charge is 2.40. The van der Waals surface area contributed by atoms with Gasteiger partial charge in [0.15, 0.2) is 0 Å². The van der Waals surface area contributed by atoms with E-state index in [4.69, 9.17) is 4.74 Å². The summed E-state index contributed by atoms with van der Waals surface area (Å²) in [4.78, 5) is 33.1. The number of para-hydroxylation sites is 1. The largest absolute Gasteiger partial charge is 0.496 e. The summed E-state index contributed by atoms with van der Waals surface area (Å²) in [5.41, 5.74) is 0.615. The van der Waals surface area contributed by atoms with Crippen molar-refractivity contribution >= 4 is 11.8 Å². The molecule has 3 aliphatic rings. The molecule has 0 N–H and O–H groups in total. The summed E-state index contributed by atoms with van der Waals surface area (Å²) in [5.74, 6) is 2.16. The summed E-state index contributed by atoms with van der Waals surface area (Å²) in [6.45, 7) is 6.92. The van der Waals surface area contributed by atoms with Crippen molar-refractivity contribution in [3.05, 3.63) is 29.8 Å². The van der Waals surface area contributed by atoms with Gasteiger partial charge in [-0.15, -0.1) is 0 Å². The van der Waals surface area contributed by atoms with Crippen LogP contribution in [0.5, 0.6) is 5.75 Å². The van der Waals surface area contributed by atoms with Crippen LogP contribution in [0, 0.1) is 11.8 Å². The highest BCUT2D eigenvalue weighted by atomic mass is 16.5. The van der Waals surface area contributed by atoms with Crippen LogP contribution < -0.4 is 4.74 Å². The van der Waals surface area contributed by atoms with Crippen molar-refractivity contribution in [2.24, 2.45) is 11.8 Å². The van der Waals surface area contributed by atoms with Crippen LogP contribution >= 0.6 is 0 Å². The van der Waals surface area contributed by atoms with E-state index in [1.165, 1.54) is 12.8 Å². The fraction of sp³-hybridized carbons (Fsp3) is 0.680. The van der Waals surface area contributed by atoms with Gasteiger partial charge in [-0.3, -0.25) is 14.5 Å². The van der Waals surface area contributed by atoms with E-state index in [2.05, 4.69) is 16.7 Å². The molecule has 1 aromatic rings. The standard InChI is InChI=1S/C25H37N3O3/c1-19-11-13-27(14-12-19)25(30)23(20-7-3-4-8-20)26-15-17-28(18-16-26)24(29)21-9-5-6-10-22(21)31-2/h5-6,9-10,19-20,23H,3-4,7-8,11-18H2,1-2H3. The maximum atomic E-state index is 13.6. The first-order chi connectivity index (χ1) is 15.1. The van der Waals surface area contributed by atoms with E-state index in [1.807, 2.05) is 29.2 Å². The number of rotatable bonds is 5. The lowest BCUT2D eigenvalue weighted by atomic mass is 9.92. The molecule has 2 aliphatic heterocycles. The summed E-state index contributed by atoms with van der Waals surface area (Å²) in [5, 5.41) is 0. The first-order valence-corrected chi connectivity index (χ1v) is 12.0. The van der Waals surface area contributed by atoms with Crippen LogP contribution in [0.3, 0.4) is 0 Å². The van der Waals surface area contributed by atoms with Gasteiger partial charge in [-0.25, -0.2) is 0 Å².